The van der Waals surface area contributed by atoms with Crippen LogP contribution in [0.3, 0.4) is 0 Å². The maximum absolute atomic E-state index is 3.89. The molecule has 0 aromatic heterocycles. The van der Waals surface area contributed by atoms with Crippen molar-refractivity contribution < 1.29 is 0 Å². The number of rotatable bonds is 10. The van der Waals surface area contributed by atoms with E-state index in [9.17, 15) is 0 Å². The summed E-state index contributed by atoms with van der Waals surface area (Å²) in [5.41, 5.74) is 0. The van der Waals surface area contributed by atoms with E-state index in [4.69, 9.17) is 0 Å². The zero-order valence-electron chi connectivity index (χ0n) is 14.0. The summed E-state index contributed by atoms with van der Waals surface area (Å²) < 4.78 is 8.40. The van der Waals surface area contributed by atoms with Crippen LogP contribution in [0.1, 0.15) is 59.3 Å². The number of unbranched alkanes of at least 4 members (excludes halogenated alkanes) is 3. The van der Waals surface area contributed by atoms with Crippen molar-refractivity contribution in [3.05, 3.63) is 0 Å². The van der Waals surface area contributed by atoms with Crippen molar-refractivity contribution in [3.63, 3.8) is 0 Å². The van der Waals surface area contributed by atoms with Crippen LogP contribution < -0.4 is 0 Å². The van der Waals surface area contributed by atoms with Crippen LogP contribution in [0.5, 0.6) is 0 Å². The van der Waals surface area contributed by atoms with E-state index in [-0.39, 0.29) is 0 Å². The fourth-order valence-corrected chi connectivity index (χ4v) is 15.8. The quantitative estimate of drug-likeness (QED) is 0.388. The fraction of sp³-hybridized carbons (Fsp3) is 0.882. The van der Waals surface area contributed by atoms with E-state index in [0.717, 1.165) is 6.54 Å². The van der Waals surface area contributed by atoms with Gasteiger partial charge in [-0.05, 0) is 0 Å². The molecule has 0 amide bonds. The molecule has 1 nitrogen and oxygen atoms in total. The molecule has 0 saturated carbocycles. The zero-order chi connectivity index (χ0) is 14.6. The molecule has 0 aromatic carbocycles. The molecule has 0 N–H and O–H groups in total. The molecule has 0 rings (SSSR count). The minimum absolute atomic E-state index is 0.947. The summed E-state index contributed by atoms with van der Waals surface area (Å²) in [6.45, 7) is 7.92. The molecule has 0 heterocycles. The van der Waals surface area contributed by atoms with Crippen LogP contribution in [0.4, 0.5) is 0 Å². The Balaban J connectivity index is 4.78. The minimum atomic E-state index is -2.14. The molecule has 0 aliphatic heterocycles. The van der Waals surface area contributed by atoms with Gasteiger partial charge < -0.3 is 0 Å². The third-order valence-electron chi connectivity index (χ3n) is 3.78. The van der Waals surface area contributed by atoms with Crippen LogP contribution in [0.25, 0.3) is 0 Å². The molecule has 0 aromatic rings. The Labute approximate surface area is 126 Å². The predicted octanol–water partition coefficient (Wildman–Crippen LogP) is 4.94. The molecule has 0 radical (unpaired) electrons. The molecule has 0 fully saturated rings. The van der Waals surface area contributed by atoms with Gasteiger partial charge in [-0.2, -0.15) is 0 Å². The fourth-order valence-electron chi connectivity index (χ4n) is 2.49. The van der Waals surface area contributed by atoms with Gasteiger partial charge in [0.15, 0.2) is 0 Å². The molecule has 2 heteroatoms. The standard InChI is InChI=1S/C5H8N.3C4H9.Sn/c1-4-5-6(2)3;3*1-3-4-2;/h5H2,2-3H3;3*1,3-4H2,2H3;. The van der Waals surface area contributed by atoms with E-state index < -0.39 is 18.4 Å². The van der Waals surface area contributed by atoms with Gasteiger partial charge in [-0.1, -0.05) is 0 Å². The van der Waals surface area contributed by atoms with Crippen molar-refractivity contribution in [1.29, 1.82) is 0 Å². The van der Waals surface area contributed by atoms with Crippen LogP contribution in [-0.4, -0.2) is 43.9 Å². The summed E-state index contributed by atoms with van der Waals surface area (Å²) in [4.78, 5) is 2.20. The van der Waals surface area contributed by atoms with Gasteiger partial charge in [-0.3, -0.25) is 0 Å². The van der Waals surface area contributed by atoms with E-state index in [1.165, 1.54) is 51.8 Å². The predicted molar refractivity (Wildman–Crippen MR) is 91.2 cm³/mol. The van der Waals surface area contributed by atoms with Crippen LogP contribution in [-0.2, 0) is 0 Å². The van der Waals surface area contributed by atoms with Gasteiger partial charge >= 0.3 is 126 Å². The zero-order valence-corrected chi connectivity index (χ0v) is 16.9. The second kappa shape index (κ2) is 12.1. The van der Waals surface area contributed by atoms with Crippen LogP contribution in [0, 0.1) is 9.86 Å². The molecule has 0 bridgehead atoms. The van der Waals surface area contributed by atoms with E-state index in [1.807, 2.05) is 0 Å². The summed E-state index contributed by atoms with van der Waals surface area (Å²) in [5, 5.41) is 0. The Hall–Kier alpha value is 0.319. The monoisotopic (exact) mass is 373 g/mol. The van der Waals surface area contributed by atoms with Crippen LogP contribution >= 0.6 is 0 Å². The van der Waals surface area contributed by atoms with Gasteiger partial charge in [-0.15, -0.1) is 0 Å². The Morgan fingerprint density at radius 1 is 0.789 bits per heavy atom. The second-order valence-corrected chi connectivity index (χ2v) is 18.4. The molecule has 0 unspecified atom stereocenters. The van der Waals surface area contributed by atoms with Crippen molar-refractivity contribution in [2.24, 2.45) is 0 Å². The van der Waals surface area contributed by atoms with Crippen molar-refractivity contribution >= 4 is 18.4 Å². The molecule has 0 atom stereocenters. The number of hydrogen-bond acceptors (Lipinski definition) is 1. The first-order valence-electron chi connectivity index (χ1n) is 8.25. The van der Waals surface area contributed by atoms with Gasteiger partial charge in [0, 0.05) is 0 Å². The van der Waals surface area contributed by atoms with Crippen molar-refractivity contribution in [2.75, 3.05) is 20.6 Å². The van der Waals surface area contributed by atoms with Crippen molar-refractivity contribution in [3.8, 4) is 9.86 Å². The van der Waals surface area contributed by atoms with E-state index in [1.54, 1.807) is 0 Å². The first kappa shape index (κ1) is 19.3. The summed E-state index contributed by atoms with van der Waals surface area (Å²) >= 11 is -2.14. The summed E-state index contributed by atoms with van der Waals surface area (Å²) in [6.07, 6.45) is 8.27. The first-order valence-corrected chi connectivity index (χ1v) is 15.7. The number of nitrogens with zero attached hydrogens (tertiary/aromatic N) is 1. The Kier molecular flexibility index (Phi) is 12.3. The third-order valence-corrected chi connectivity index (χ3v) is 17.0. The van der Waals surface area contributed by atoms with E-state index in [2.05, 4.69) is 49.6 Å². The molecule has 0 saturated heterocycles. The Bertz CT molecular complexity index is 240. The molecular weight excluding hydrogens is 337 g/mol. The molecule has 0 aliphatic rings. The van der Waals surface area contributed by atoms with E-state index in [0.29, 0.717) is 0 Å². The van der Waals surface area contributed by atoms with Gasteiger partial charge in [-0.25, -0.2) is 0 Å². The Morgan fingerprint density at radius 2 is 1.21 bits per heavy atom. The molecule has 112 valence electrons. The van der Waals surface area contributed by atoms with Gasteiger partial charge in [0.2, 0.25) is 0 Å². The molecule has 0 spiro atoms. The molecular formula is C17H35NSn. The average molecular weight is 372 g/mol. The second-order valence-electron chi connectivity index (χ2n) is 6.13. The van der Waals surface area contributed by atoms with Crippen molar-refractivity contribution in [1.82, 2.24) is 4.90 Å². The van der Waals surface area contributed by atoms with Gasteiger partial charge in [0.25, 0.3) is 0 Å². The topological polar surface area (TPSA) is 3.24 Å². The van der Waals surface area contributed by atoms with Crippen LogP contribution in [0.15, 0.2) is 0 Å². The Morgan fingerprint density at radius 3 is 1.53 bits per heavy atom. The molecule has 0 aliphatic carbocycles. The summed E-state index contributed by atoms with van der Waals surface area (Å²) in [5.74, 6) is 3.52. The number of hydrogen-bond donors (Lipinski definition) is 0. The summed E-state index contributed by atoms with van der Waals surface area (Å²) in [7, 11) is 4.24. The van der Waals surface area contributed by atoms with Crippen LogP contribution in [0.2, 0.25) is 13.3 Å². The van der Waals surface area contributed by atoms with Crippen molar-refractivity contribution in [2.45, 2.75) is 72.6 Å². The average Bonchev–Trinajstić information content (AvgIpc) is 2.39. The SMILES string of the molecule is CCC[CH2][Sn]([C]#CCN(C)C)([CH2]CCC)[CH2]CCC. The van der Waals surface area contributed by atoms with E-state index >= 15 is 0 Å². The normalized spacial score (nSPS) is 11.5. The van der Waals surface area contributed by atoms with Gasteiger partial charge in [0.1, 0.15) is 0 Å². The third kappa shape index (κ3) is 9.79. The summed E-state index contributed by atoms with van der Waals surface area (Å²) in [6, 6.07) is 0. The molecule has 19 heavy (non-hydrogen) atoms. The maximum atomic E-state index is 3.89. The van der Waals surface area contributed by atoms with Gasteiger partial charge in [0.05, 0.1) is 0 Å². The first-order chi connectivity index (χ1) is 9.10.